The van der Waals surface area contributed by atoms with Crippen LogP contribution in [-0.4, -0.2) is 40.0 Å². The van der Waals surface area contributed by atoms with Gasteiger partial charge in [-0.05, 0) is 38.3 Å². The highest BCUT2D eigenvalue weighted by Crippen LogP contribution is 2.20. The third-order valence-electron chi connectivity index (χ3n) is 3.57. The Morgan fingerprint density at radius 2 is 2.04 bits per heavy atom. The molecule has 6 nitrogen and oxygen atoms in total. The maximum absolute atomic E-state index is 12.4. The molecule has 0 fully saturated rings. The van der Waals surface area contributed by atoms with Gasteiger partial charge in [0.2, 0.25) is 0 Å². The maximum Gasteiger partial charge on any atom is 0.275 e. The van der Waals surface area contributed by atoms with Gasteiger partial charge in [0.25, 0.3) is 5.91 Å². The van der Waals surface area contributed by atoms with Crippen molar-refractivity contribution in [3.8, 4) is 11.4 Å². The third-order valence-corrected chi connectivity index (χ3v) is 3.57. The number of carbonyl (C=O) groups is 1. The van der Waals surface area contributed by atoms with E-state index in [1.54, 1.807) is 17.8 Å². The molecule has 2 unspecified atom stereocenters. The van der Waals surface area contributed by atoms with Crippen molar-refractivity contribution in [2.45, 2.75) is 33.3 Å². The molecule has 0 aliphatic carbocycles. The Hall–Kier alpha value is -2.34. The van der Waals surface area contributed by atoms with Crippen LogP contribution in [0.4, 0.5) is 0 Å². The molecule has 0 aliphatic heterocycles. The number of aliphatic hydroxyl groups excluding tert-OH is 1. The van der Waals surface area contributed by atoms with E-state index in [4.69, 9.17) is 4.74 Å². The van der Waals surface area contributed by atoms with Gasteiger partial charge < -0.3 is 15.2 Å². The van der Waals surface area contributed by atoms with E-state index in [1.807, 2.05) is 44.2 Å². The second kappa shape index (κ2) is 8.49. The number of aliphatic hydroxyl groups is 1. The van der Waals surface area contributed by atoms with Crippen molar-refractivity contribution in [3.63, 3.8) is 0 Å². The lowest BCUT2D eigenvalue weighted by molar-refractivity contribution is 0.0930. The van der Waals surface area contributed by atoms with Crippen LogP contribution in [0.1, 0.15) is 37.7 Å². The number of hydrogen-bond donors (Lipinski definition) is 2. The largest absolute Gasteiger partial charge is 0.490 e. The lowest BCUT2D eigenvalue weighted by Gasteiger charge is -2.13. The average molecular weight is 331 g/mol. The summed E-state index contributed by atoms with van der Waals surface area (Å²) in [5.41, 5.74) is 1.13. The smallest absolute Gasteiger partial charge is 0.275 e. The van der Waals surface area contributed by atoms with Crippen LogP contribution in [0.15, 0.2) is 36.5 Å². The summed E-state index contributed by atoms with van der Waals surface area (Å²) in [6, 6.07) is 9.57. The minimum absolute atomic E-state index is 0.181. The molecular weight excluding hydrogens is 306 g/mol. The molecule has 6 heteroatoms. The van der Waals surface area contributed by atoms with Crippen LogP contribution in [0, 0.1) is 5.92 Å². The van der Waals surface area contributed by atoms with E-state index in [2.05, 4.69) is 10.4 Å². The van der Waals surface area contributed by atoms with Crippen molar-refractivity contribution < 1.29 is 14.6 Å². The number of rotatable bonds is 8. The molecule has 0 spiro atoms. The Morgan fingerprint density at radius 3 is 2.67 bits per heavy atom. The predicted molar refractivity (Wildman–Crippen MR) is 92.5 cm³/mol. The van der Waals surface area contributed by atoms with E-state index in [-0.39, 0.29) is 23.6 Å². The van der Waals surface area contributed by atoms with Crippen molar-refractivity contribution in [3.05, 3.63) is 42.2 Å². The number of nitrogens with one attached hydrogen (secondary N) is 1. The number of hydrogen-bond acceptors (Lipinski definition) is 4. The van der Waals surface area contributed by atoms with Crippen LogP contribution in [0.2, 0.25) is 0 Å². The lowest BCUT2D eigenvalue weighted by Crippen LogP contribution is -2.30. The van der Waals surface area contributed by atoms with Crippen LogP contribution in [0.3, 0.4) is 0 Å². The van der Waals surface area contributed by atoms with Gasteiger partial charge in [0, 0.05) is 6.54 Å². The molecule has 2 aromatic rings. The molecular formula is C18H25N3O3. The highest BCUT2D eigenvalue weighted by atomic mass is 16.5. The number of nitrogens with zero attached hydrogens (tertiary/aromatic N) is 2. The van der Waals surface area contributed by atoms with Crippen molar-refractivity contribution in [2.75, 3.05) is 13.2 Å². The number of carbonyl (C=O) groups excluding carboxylic acids is 1. The zero-order chi connectivity index (χ0) is 17.5. The molecule has 130 valence electrons. The normalized spacial score (nSPS) is 13.3. The number of aromatic nitrogens is 2. The number of benzene rings is 1. The molecule has 2 atom stereocenters. The molecule has 1 heterocycles. The zero-order valence-corrected chi connectivity index (χ0v) is 14.4. The molecule has 2 N–H and O–H groups in total. The second-order valence-electron chi connectivity index (χ2n) is 5.96. The van der Waals surface area contributed by atoms with Gasteiger partial charge >= 0.3 is 0 Å². The fraction of sp³-hybridized carbons (Fsp3) is 0.444. The molecule has 0 aliphatic rings. The Balaban J connectivity index is 2.13. The maximum atomic E-state index is 12.4. The summed E-state index contributed by atoms with van der Waals surface area (Å²) in [5.74, 6) is 0.369. The molecule has 24 heavy (non-hydrogen) atoms. The molecule has 1 aromatic heterocycles. The zero-order valence-electron chi connectivity index (χ0n) is 14.4. The summed E-state index contributed by atoms with van der Waals surface area (Å²) in [7, 11) is 0. The SMILES string of the molecule is CCOc1cn(-c2ccccc2)nc1C(=O)NCC(C)CC(C)O. The van der Waals surface area contributed by atoms with Crippen LogP contribution < -0.4 is 10.1 Å². The van der Waals surface area contributed by atoms with Crippen molar-refractivity contribution in [1.29, 1.82) is 0 Å². The quantitative estimate of drug-likeness (QED) is 0.779. The van der Waals surface area contributed by atoms with E-state index in [0.29, 0.717) is 25.3 Å². The first-order valence-corrected chi connectivity index (χ1v) is 8.25. The van der Waals surface area contributed by atoms with Crippen LogP contribution in [0.5, 0.6) is 5.75 Å². The van der Waals surface area contributed by atoms with Crippen LogP contribution in [-0.2, 0) is 0 Å². The molecule has 1 amide bonds. The van der Waals surface area contributed by atoms with Crippen LogP contribution in [0.25, 0.3) is 5.69 Å². The summed E-state index contributed by atoms with van der Waals surface area (Å²) in [6.45, 7) is 6.53. The van der Waals surface area contributed by atoms with Crippen molar-refractivity contribution >= 4 is 5.91 Å². The molecule has 0 radical (unpaired) electrons. The molecule has 0 saturated heterocycles. The van der Waals surface area contributed by atoms with Crippen LogP contribution >= 0.6 is 0 Å². The minimum Gasteiger partial charge on any atom is -0.490 e. The van der Waals surface area contributed by atoms with Gasteiger partial charge in [-0.15, -0.1) is 0 Å². The predicted octanol–water partition coefficient (Wildman–Crippen LogP) is 2.41. The molecule has 0 saturated carbocycles. The second-order valence-corrected chi connectivity index (χ2v) is 5.96. The van der Waals surface area contributed by atoms with Gasteiger partial charge in [-0.3, -0.25) is 4.79 Å². The van der Waals surface area contributed by atoms with E-state index in [0.717, 1.165) is 5.69 Å². The fourth-order valence-electron chi connectivity index (χ4n) is 2.51. The molecule has 2 rings (SSSR count). The van der Waals surface area contributed by atoms with Gasteiger partial charge in [0.1, 0.15) is 0 Å². The van der Waals surface area contributed by atoms with Crippen molar-refractivity contribution in [2.24, 2.45) is 5.92 Å². The van der Waals surface area contributed by atoms with E-state index in [9.17, 15) is 9.90 Å². The van der Waals surface area contributed by atoms with Gasteiger partial charge in [-0.2, -0.15) is 5.10 Å². The number of para-hydroxylation sites is 1. The van der Waals surface area contributed by atoms with Gasteiger partial charge in [0.05, 0.1) is 24.6 Å². The number of ether oxygens (including phenoxy) is 1. The van der Waals surface area contributed by atoms with E-state index >= 15 is 0 Å². The van der Waals surface area contributed by atoms with Crippen molar-refractivity contribution in [1.82, 2.24) is 15.1 Å². The third kappa shape index (κ3) is 4.83. The standard InChI is InChI=1S/C18H25N3O3/c1-4-24-16-12-21(15-8-6-5-7-9-15)20-17(16)18(23)19-11-13(2)10-14(3)22/h5-9,12-14,22H,4,10-11H2,1-3H3,(H,19,23). The fourth-order valence-corrected chi connectivity index (χ4v) is 2.51. The van der Waals surface area contributed by atoms with E-state index < -0.39 is 0 Å². The Bertz CT molecular complexity index is 653. The van der Waals surface area contributed by atoms with Gasteiger partial charge in [-0.25, -0.2) is 4.68 Å². The molecule has 0 bridgehead atoms. The summed E-state index contributed by atoms with van der Waals surface area (Å²) < 4.78 is 7.19. The average Bonchev–Trinajstić information content (AvgIpc) is 2.97. The summed E-state index contributed by atoms with van der Waals surface area (Å²) >= 11 is 0. The summed E-state index contributed by atoms with van der Waals surface area (Å²) in [6.07, 6.45) is 1.97. The monoisotopic (exact) mass is 331 g/mol. The first-order chi connectivity index (χ1) is 11.5. The van der Waals surface area contributed by atoms with Gasteiger partial charge in [-0.1, -0.05) is 25.1 Å². The Labute approximate surface area is 142 Å². The Morgan fingerprint density at radius 1 is 1.33 bits per heavy atom. The molecule has 1 aromatic carbocycles. The first-order valence-electron chi connectivity index (χ1n) is 8.25. The first kappa shape index (κ1) is 18.0. The summed E-state index contributed by atoms with van der Waals surface area (Å²) in [5, 5.41) is 16.6. The summed E-state index contributed by atoms with van der Waals surface area (Å²) in [4.78, 5) is 12.4. The topological polar surface area (TPSA) is 76.4 Å². The Kier molecular flexibility index (Phi) is 6.37. The highest BCUT2D eigenvalue weighted by Gasteiger charge is 2.19. The number of amides is 1. The minimum atomic E-state index is -0.381. The highest BCUT2D eigenvalue weighted by molar-refractivity contribution is 5.94. The van der Waals surface area contributed by atoms with Gasteiger partial charge in [0.15, 0.2) is 11.4 Å². The lowest BCUT2D eigenvalue weighted by atomic mass is 10.0. The van der Waals surface area contributed by atoms with E-state index in [1.165, 1.54) is 0 Å².